The number of hydrogen-bond donors (Lipinski definition) is 0. The number of hydrogen-bond acceptors (Lipinski definition) is 3. The number of benzene rings is 1. The van der Waals surface area contributed by atoms with Crippen molar-refractivity contribution in [1.82, 2.24) is 9.55 Å². The van der Waals surface area contributed by atoms with Crippen LogP contribution < -0.4 is 5.56 Å². The van der Waals surface area contributed by atoms with Crippen LogP contribution >= 0.6 is 11.8 Å². The zero-order valence-corrected chi connectivity index (χ0v) is 12.5. The van der Waals surface area contributed by atoms with Crippen LogP contribution in [0.1, 0.15) is 27.2 Å². The van der Waals surface area contributed by atoms with E-state index in [0.29, 0.717) is 17.8 Å². The van der Waals surface area contributed by atoms with Gasteiger partial charge in [0.05, 0.1) is 10.9 Å². The SMILES string of the molecule is CCn1c(SCCC(C)C)nc2ccccc2c1=O. The summed E-state index contributed by atoms with van der Waals surface area (Å²) in [6, 6.07) is 7.56. The summed E-state index contributed by atoms with van der Waals surface area (Å²) < 4.78 is 1.77. The second-order valence-electron chi connectivity index (χ2n) is 4.99. The van der Waals surface area contributed by atoms with Gasteiger partial charge in [-0.05, 0) is 31.4 Å². The Hall–Kier alpha value is -1.29. The zero-order valence-electron chi connectivity index (χ0n) is 11.7. The molecule has 1 heterocycles. The third-order valence-corrected chi connectivity index (χ3v) is 4.08. The van der Waals surface area contributed by atoms with Gasteiger partial charge in [-0.3, -0.25) is 9.36 Å². The number of fused-ring (bicyclic) bond motifs is 1. The van der Waals surface area contributed by atoms with Crippen molar-refractivity contribution in [2.24, 2.45) is 5.92 Å². The Morgan fingerprint density at radius 2 is 2.05 bits per heavy atom. The summed E-state index contributed by atoms with van der Waals surface area (Å²) in [7, 11) is 0. The number of para-hydroxylation sites is 1. The molecule has 2 rings (SSSR count). The van der Waals surface area contributed by atoms with Gasteiger partial charge in [0.2, 0.25) is 0 Å². The molecule has 0 unspecified atom stereocenters. The van der Waals surface area contributed by atoms with E-state index in [-0.39, 0.29) is 5.56 Å². The molecule has 0 saturated heterocycles. The molecule has 0 N–H and O–H groups in total. The minimum Gasteiger partial charge on any atom is -0.287 e. The topological polar surface area (TPSA) is 34.9 Å². The molecule has 0 atom stereocenters. The quantitative estimate of drug-likeness (QED) is 0.618. The van der Waals surface area contributed by atoms with E-state index in [4.69, 9.17) is 0 Å². The molecule has 102 valence electrons. The molecule has 2 aromatic rings. The Morgan fingerprint density at radius 1 is 1.32 bits per heavy atom. The van der Waals surface area contributed by atoms with E-state index >= 15 is 0 Å². The van der Waals surface area contributed by atoms with E-state index < -0.39 is 0 Å². The van der Waals surface area contributed by atoms with Crippen LogP contribution in [0.25, 0.3) is 10.9 Å². The first kappa shape index (κ1) is 14.1. The fraction of sp³-hybridized carbons (Fsp3) is 0.467. The van der Waals surface area contributed by atoms with Crippen LogP contribution in [0.4, 0.5) is 0 Å². The molecule has 19 heavy (non-hydrogen) atoms. The van der Waals surface area contributed by atoms with Gasteiger partial charge in [0.15, 0.2) is 5.16 Å². The van der Waals surface area contributed by atoms with Gasteiger partial charge < -0.3 is 0 Å². The summed E-state index contributed by atoms with van der Waals surface area (Å²) in [6.07, 6.45) is 1.14. The van der Waals surface area contributed by atoms with Crippen LogP contribution in [0.15, 0.2) is 34.2 Å². The summed E-state index contributed by atoms with van der Waals surface area (Å²) in [5, 5.41) is 1.55. The number of rotatable bonds is 5. The van der Waals surface area contributed by atoms with E-state index in [1.54, 1.807) is 16.3 Å². The molecule has 1 aromatic heterocycles. The van der Waals surface area contributed by atoms with Gasteiger partial charge in [0.1, 0.15) is 0 Å². The van der Waals surface area contributed by atoms with Crippen LogP contribution in [0.2, 0.25) is 0 Å². The second kappa shape index (κ2) is 6.24. The van der Waals surface area contributed by atoms with Crippen molar-refractivity contribution in [3.8, 4) is 0 Å². The molecule has 0 aliphatic heterocycles. The second-order valence-corrected chi connectivity index (χ2v) is 6.05. The largest absolute Gasteiger partial charge is 0.287 e. The van der Waals surface area contributed by atoms with Gasteiger partial charge in [0, 0.05) is 12.3 Å². The lowest BCUT2D eigenvalue weighted by Crippen LogP contribution is -2.22. The number of nitrogens with zero attached hydrogens (tertiary/aromatic N) is 2. The molecule has 0 amide bonds. The summed E-state index contributed by atoms with van der Waals surface area (Å²) >= 11 is 1.68. The minimum atomic E-state index is 0.0696. The van der Waals surface area contributed by atoms with E-state index in [2.05, 4.69) is 18.8 Å². The summed E-state index contributed by atoms with van der Waals surface area (Å²) in [5.74, 6) is 1.68. The van der Waals surface area contributed by atoms with Crippen LogP contribution in [0.3, 0.4) is 0 Å². The van der Waals surface area contributed by atoms with Gasteiger partial charge in [0.25, 0.3) is 5.56 Å². The molecule has 0 bridgehead atoms. The zero-order chi connectivity index (χ0) is 13.8. The lowest BCUT2D eigenvalue weighted by Gasteiger charge is -2.11. The Balaban J connectivity index is 2.39. The van der Waals surface area contributed by atoms with Crippen LogP contribution in [-0.4, -0.2) is 15.3 Å². The highest BCUT2D eigenvalue weighted by Gasteiger charge is 2.09. The minimum absolute atomic E-state index is 0.0696. The lowest BCUT2D eigenvalue weighted by molar-refractivity contribution is 0.620. The standard InChI is InChI=1S/C15H20N2OS/c1-4-17-14(18)12-7-5-6-8-13(12)16-15(17)19-10-9-11(2)3/h5-8,11H,4,9-10H2,1-3H3. The molecule has 0 saturated carbocycles. The smallest absolute Gasteiger partial charge is 0.262 e. The Kier molecular flexibility index (Phi) is 4.64. The molecule has 1 aromatic carbocycles. The first-order valence-corrected chi connectivity index (χ1v) is 7.74. The van der Waals surface area contributed by atoms with E-state index in [0.717, 1.165) is 22.8 Å². The van der Waals surface area contributed by atoms with E-state index in [1.165, 1.54) is 0 Å². The first-order chi connectivity index (χ1) is 9.13. The van der Waals surface area contributed by atoms with Gasteiger partial charge in [-0.15, -0.1) is 0 Å². The highest BCUT2D eigenvalue weighted by atomic mass is 32.2. The average Bonchev–Trinajstić information content (AvgIpc) is 2.39. The van der Waals surface area contributed by atoms with Crippen molar-refractivity contribution in [3.63, 3.8) is 0 Å². The van der Waals surface area contributed by atoms with E-state index in [1.807, 2.05) is 31.2 Å². The molecule has 0 radical (unpaired) electrons. The number of thioether (sulfide) groups is 1. The van der Waals surface area contributed by atoms with Crippen molar-refractivity contribution in [1.29, 1.82) is 0 Å². The van der Waals surface area contributed by atoms with Crippen molar-refractivity contribution in [2.45, 2.75) is 38.9 Å². The molecule has 0 aliphatic rings. The van der Waals surface area contributed by atoms with Gasteiger partial charge in [-0.1, -0.05) is 37.7 Å². The molecule has 0 aliphatic carbocycles. The van der Waals surface area contributed by atoms with Gasteiger partial charge in [-0.25, -0.2) is 4.98 Å². The molecular formula is C15H20N2OS. The maximum Gasteiger partial charge on any atom is 0.262 e. The normalized spacial score (nSPS) is 11.4. The van der Waals surface area contributed by atoms with Gasteiger partial charge in [-0.2, -0.15) is 0 Å². The lowest BCUT2D eigenvalue weighted by atomic mass is 10.2. The third-order valence-electron chi connectivity index (χ3n) is 3.07. The third kappa shape index (κ3) is 3.18. The fourth-order valence-corrected chi connectivity index (χ4v) is 3.23. The predicted molar refractivity (Wildman–Crippen MR) is 81.9 cm³/mol. The Labute approximate surface area is 118 Å². The number of aromatic nitrogens is 2. The van der Waals surface area contributed by atoms with Crippen molar-refractivity contribution in [2.75, 3.05) is 5.75 Å². The monoisotopic (exact) mass is 276 g/mol. The maximum atomic E-state index is 12.4. The van der Waals surface area contributed by atoms with Gasteiger partial charge >= 0.3 is 0 Å². The maximum absolute atomic E-state index is 12.4. The van der Waals surface area contributed by atoms with Crippen molar-refractivity contribution >= 4 is 22.7 Å². The molecular weight excluding hydrogens is 256 g/mol. The summed E-state index contributed by atoms with van der Waals surface area (Å²) in [6.45, 7) is 7.08. The van der Waals surface area contributed by atoms with Crippen LogP contribution in [0, 0.1) is 5.92 Å². The molecule has 0 fully saturated rings. The van der Waals surface area contributed by atoms with Crippen molar-refractivity contribution < 1.29 is 0 Å². The predicted octanol–water partition coefficient (Wildman–Crippen LogP) is 3.55. The van der Waals surface area contributed by atoms with Crippen molar-refractivity contribution in [3.05, 3.63) is 34.6 Å². The summed E-state index contributed by atoms with van der Waals surface area (Å²) in [5.41, 5.74) is 0.865. The van der Waals surface area contributed by atoms with Crippen LogP contribution in [0.5, 0.6) is 0 Å². The molecule has 3 nitrogen and oxygen atoms in total. The fourth-order valence-electron chi connectivity index (χ4n) is 1.92. The van der Waals surface area contributed by atoms with Crippen LogP contribution in [-0.2, 0) is 6.54 Å². The highest BCUT2D eigenvalue weighted by molar-refractivity contribution is 7.99. The highest BCUT2D eigenvalue weighted by Crippen LogP contribution is 2.19. The molecule has 0 spiro atoms. The van der Waals surface area contributed by atoms with E-state index in [9.17, 15) is 4.79 Å². The average molecular weight is 276 g/mol. The first-order valence-electron chi connectivity index (χ1n) is 6.75. The summed E-state index contributed by atoms with van der Waals surface area (Å²) in [4.78, 5) is 17.0. The Morgan fingerprint density at radius 3 is 2.74 bits per heavy atom. The Bertz CT molecular complexity index is 619. The molecule has 4 heteroatoms.